The lowest BCUT2D eigenvalue weighted by Gasteiger charge is -2.16. The zero-order chi connectivity index (χ0) is 18.1. The lowest BCUT2D eigenvalue weighted by Crippen LogP contribution is -2.28. The van der Waals surface area contributed by atoms with E-state index in [-0.39, 0.29) is 35.2 Å². The maximum Gasteiger partial charge on any atom is 0.257 e. The number of nitrogens with zero attached hydrogens (tertiary/aromatic N) is 1. The second-order valence-electron chi connectivity index (χ2n) is 5.71. The van der Waals surface area contributed by atoms with E-state index in [0.717, 1.165) is 10.5 Å². The second-order valence-corrected chi connectivity index (χ2v) is 6.52. The van der Waals surface area contributed by atoms with Crippen molar-refractivity contribution in [3.63, 3.8) is 0 Å². The van der Waals surface area contributed by atoms with Gasteiger partial charge in [0, 0.05) is 23.6 Å². The molecule has 5 nitrogen and oxygen atoms in total. The molecule has 0 saturated carbocycles. The molecule has 0 radical (unpaired) electrons. The molecule has 0 atom stereocenters. The predicted molar refractivity (Wildman–Crippen MR) is 97.3 cm³/mol. The highest BCUT2D eigenvalue weighted by molar-refractivity contribution is 6.35. The summed E-state index contributed by atoms with van der Waals surface area (Å²) < 4.78 is 0. The number of anilines is 2. The van der Waals surface area contributed by atoms with Crippen LogP contribution in [0.25, 0.3) is 0 Å². The van der Waals surface area contributed by atoms with Crippen molar-refractivity contribution in [2.24, 2.45) is 0 Å². The van der Waals surface area contributed by atoms with Gasteiger partial charge in [-0.3, -0.25) is 19.3 Å². The Bertz CT molecular complexity index is 880. The number of hydrogen-bond acceptors (Lipinski definition) is 3. The molecule has 128 valence electrons. The van der Waals surface area contributed by atoms with Crippen LogP contribution in [0.4, 0.5) is 11.4 Å². The van der Waals surface area contributed by atoms with Crippen LogP contribution in [0.15, 0.2) is 36.4 Å². The van der Waals surface area contributed by atoms with Gasteiger partial charge >= 0.3 is 0 Å². The Hall–Kier alpha value is -2.37. The zero-order valence-electron chi connectivity index (χ0n) is 13.3. The Morgan fingerprint density at radius 1 is 1.00 bits per heavy atom. The van der Waals surface area contributed by atoms with E-state index in [2.05, 4.69) is 5.32 Å². The Labute approximate surface area is 154 Å². The maximum absolute atomic E-state index is 12.5. The number of carbonyl (C=O) groups is 3. The standard InChI is InChI=1S/C18H14Cl2N2O3/c1-10-2-3-11(8-15(10)20)21-18(25)13-9-12(4-5-14(13)19)22-16(23)6-7-17(22)24/h2-5,8-9H,6-7H2,1H3,(H,21,25). The van der Waals surface area contributed by atoms with Crippen LogP contribution in [0.3, 0.4) is 0 Å². The molecule has 0 unspecified atom stereocenters. The number of rotatable bonds is 3. The van der Waals surface area contributed by atoms with Crippen LogP contribution in [0, 0.1) is 6.92 Å². The Balaban J connectivity index is 1.89. The third-order valence-electron chi connectivity index (χ3n) is 3.93. The lowest BCUT2D eigenvalue weighted by molar-refractivity contribution is -0.121. The van der Waals surface area contributed by atoms with E-state index in [9.17, 15) is 14.4 Å². The highest BCUT2D eigenvalue weighted by Crippen LogP contribution is 2.28. The first-order valence-corrected chi connectivity index (χ1v) is 8.35. The second kappa shape index (κ2) is 6.86. The SMILES string of the molecule is Cc1ccc(NC(=O)c2cc(N3C(=O)CCC3=O)ccc2Cl)cc1Cl. The van der Waals surface area contributed by atoms with Crippen LogP contribution in [-0.2, 0) is 9.59 Å². The summed E-state index contributed by atoms with van der Waals surface area (Å²) in [6.07, 6.45) is 0.343. The van der Waals surface area contributed by atoms with E-state index in [0.29, 0.717) is 16.4 Å². The van der Waals surface area contributed by atoms with Crippen molar-refractivity contribution in [2.75, 3.05) is 10.2 Å². The Morgan fingerprint density at radius 2 is 1.68 bits per heavy atom. The van der Waals surface area contributed by atoms with Gasteiger partial charge < -0.3 is 5.32 Å². The zero-order valence-corrected chi connectivity index (χ0v) is 14.8. The minimum atomic E-state index is -0.453. The summed E-state index contributed by atoms with van der Waals surface area (Å²) in [6.45, 7) is 1.86. The summed E-state index contributed by atoms with van der Waals surface area (Å²) in [5.74, 6) is -1.03. The smallest absolute Gasteiger partial charge is 0.257 e. The first-order valence-electron chi connectivity index (χ1n) is 7.59. The van der Waals surface area contributed by atoms with Gasteiger partial charge in [0.25, 0.3) is 5.91 Å². The number of imide groups is 1. The summed E-state index contributed by atoms with van der Waals surface area (Å²) >= 11 is 12.2. The van der Waals surface area contributed by atoms with Crippen LogP contribution in [0.2, 0.25) is 10.0 Å². The third-order valence-corrected chi connectivity index (χ3v) is 4.67. The average molecular weight is 377 g/mol. The van der Waals surface area contributed by atoms with Gasteiger partial charge in [0.2, 0.25) is 11.8 Å². The van der Waals surface area contributed by atoms with E-state index < -0.39 is 5.91 Å². The van der Waals surface area contributed by atoms with Crippen molar-refractivity contribution in [3.05, 3.63) is 57.6 Å². The van der Waals surface area contributed by atoms with Gasteiger partial charge in [-0.2, -0.15) is 0 Å². The first-order chi connectivity index (χ1) is 11.9. The van der Waals surface area contributed by atoms with Gasteiger partial charge in [-0.1, -0.05) is 29.3 Å². The largest absolute Gasteiger partial charge is 0.322 e. The fourth-order valence-corrected chi connectivity index (χ4v) is 2.94. The van der Waals surface area contributed by atoms with Gasteiger partial charge in [-0.25, -0.2) is 0 Å². The molecule has 0 aromatic heterocycles. The van der Waals surface area contributed by atoms with E-state index in [1.54, 1.807) is 24.3 Å². The van der Waals surface area contributed by atoms with Gasteiger partial charge in [0.1, 0.15) is 0 Å². The monoisotopic (exact) mass is 376 g/mol. The molecule has 0 aliphatic carbocycles. The minimum Gasteiger partial charge on any atom is -0.322 e. The molecule has 2 aromatic carbocycles. The number of amides is 3. The van der Waals surface area contributed by atoms with Gasteiger partial charge in [0.15, 0.2) is 0 Å². The molecular weight excluding hydrogens is 363 g/mol. The fraction of sp³-hybridized carbons (Fsp3) is 0.167. The predicted octanol–water partition coefficient (Wildman–Crippen LogP) is 4.21. The van der Waals surface area contributed by atoms with Gasteiger partial charge in [0.05, 0.1) is 16.3 Å². The molecule has 1 aliphatic rings. The highest BCUT2D eigenvalue weighted by Gasteiger charge is 2.31. The third kappa shape index (κ3) is 3.52. The molecule has 3 amide bonds. The van der Waals surface area contributed by atoms with Crippen LogP contribution in [-0.4, -0.2) is 17.7 Å². The fourth-order valence-electron chi connectivity index (χ4n) is 2.56. The highest BCUT2D eigenvalue weighted by atomic mass is 35.5. The van der Waals surface area contributed by atoms with Crippen LogP contribution in [0.5, 0.6) is 0 Å². The molecule has 1 aliphatic heterocycles. The number of hydrogen-bond donors (Lipinski definition) is 1. The number of aryl methyl sites for hydroxylation is 1. The molecule has 1 N–H and O–H groups in total. The summed E-state index contributed by atoms with van der Waals surface area (Å²) in [7, 11) is 0. The van der Waals surface area contributed by atoms with Crippen molar-refractivity contribution in [1.82, 2.24) is 0 Å². The van der Waals surface area contributed by atoms with Crippen LogP contribution >= 0.6 is 23.2 Å². The molecule has 2 aromatic rings. The van der Waals surface area contributed by atoms with E-state index >= 15 is 0 Å². The molecule has 3 rings (SSSR count). The Kier molecular flexibility index (Phi) is 4.79. The number of benzene rings is 2. The molecule has 1 fully saturated rings. The van der Waals surface area contributed by atoms with Crippen molar-refractivity contribution < 1.29 is 14.4 Å². The van der Waals surface area contributed by atoms with E-state index in [1.807, 2.05) is 6.92 Å². The van der Waals surface area contributed by atoms with E-state index in [1.165, 1.54) is 12.1 Å². The van der Waals surface area contributed by atoms with Crippen molar-refractivity contribution >= 4 is 52.3 Å². The summed E-state index contributed by atoms with van der Waals surface area (Å²) in [5, 5.41) is 3.47. The molecule has 25 heavy (non-hydrogen) atoms. The minimum absolute atomic E-state index is 0.170. The molecule has 1 saturated heterocycles. The van der Waals surface area contributed by atoms with E-state index in [4.69, 9.17) is 23.2 Å². The normalized spacial score (nSPS) is 14.1. The Morgan fingerprint density at radius 3 is 2.32 bits per heavy atom. The summed E-state index contributed by atoms with van der Waals surface area (Å²) in [6, 6.07) is 9.63. The van der Waals surface area contributed by atoms with Gasteiger partial charge in [-0.15, -0.1) is 0 Å². The summed E-state index contributed by atoms with van der Waals surface area (Å²) in [5.41, 5.74) is 1.92. The quantitative estimate of drug-likeness (QED) is 0.815. The van der Waals surface area contributed by atoms with Crippen molar-refractivity contribution in [1.29, 1.82) is 0 Å². The molecule has 7 heteroatoms. The average Bonchev–Trinajstić information content (AvgIpc) is 2.90. The topological polar surface area (TPSA) is 66.5 Å². The number of nitrogens with one attached hydrogen (secondary N) is 1. The van der Waals surface area contributed by atoms with Crippen molar-refractivity contribution in [2.45, 2.75) is 19.8 Å². The lowest BCUT2D eigenvalue weighted by atomic mass is 10.1. The molecule has 1 heterocycles. The van der Waals surface area contributed by atoms with Crippen LogP contribution in [0.1, 0.15) is 28.8 Å². The molecular formula is C18H14Cl2N2O3. The summed E-state index contributed by atoms with van der Waals surface area (Å²) in [4.78, 5) is 37.4. The number of halogens is 2. The molecule has 0 spiro atoms. The molecule has 0 bridgehead atoms. The first kappa shape index (κ1) is 17.5. The number of carbonyl (C=O) groups excluding carboxylic acids is 3. The van der Waals surface area contributed by atoms with Crippen LogP contribution < -0.4 is 10.2 Å². The van der Waals surface area contributed by atoms with Crippen molar-refractivity contribution in [3.8, 4) is 0 Å². The van der Waals surface area contributed by atoms with Gasteiger partial charge in [-0.05, 0) is 42.8 Å². The maximum atomic E-state index is 12.5.